The molecule has 4 fully saturated rings. The Kier molecular flexibility index (Phi) is 3.24. The fourth-order valence-electron chi connectivity index (χ4n) is 6.94. The van der Waals surface area contributed by atoms with E-state index >= 15 is 0 Å². The lowest BCUT2D eigenvalue weighted by Crippen LogP contribution is -2.45. The van der Waals surface area contributed by atoms with Crippen LogP contribution in [0.4, 0.5) is 0 Å². The van der Waals surface area contributed by atoms with Crippen molar-refractivity contribution >= 4 is 5.97 Å². The molecule has 0 radical (unpaired) electrons. The molecule has 8 unspecified atom stereocenters. The van der Waals surface area contributed by atoms with E-state index in [-0.39, 0.29) is 22.9 Å². The maximum atomic E-state index is 13.1. The van der Waals surface area contributed by atoms with Crippen molar-refractivity contribution in [3.05, 3.63) is 0 Å². The Morgan fingerprint density at radius 3 is 2.45 bits per heavy atom. The van der Waals surface area contributed by atoms with Crippen LogP contribution >= 0.6 is 0 Å². The lowest BCUT2D eigenvalue weighted by Gasteiger charge is -2.42. The number of carbonyl (C=O) groups is 1. The minimum Gasteiger partial charge on any atom is -0.459 e. The van der Waals surface area contributed by atoms with E-state index in [1.807, 2.05) is 0 Å². The average Bonchev–Trinajstić information content (AvgIpc) is 3.21. The van der Waals surface area contributed by atoms with Crippen molar-refractivity contribution in [3.63, 3.8) is 0 Å². The number of ether oxygens (including phenoxy) is 1. The van der Waals surface area contributed by atoms with Gasteiger partial charge in [-0.15, -0.1) is 0 Å². The minimum absolute atomic E-state index is 0.104. The SMILES string of the molecule is CCC1(OC(=O)C2CC3CC2(C)C(C)C3C)CC2CCC1C2. The van der Waals surface area contributed by atoms with Gasteiger partial charge in [-0.1, -0.05) is 27.7 Å². The summed E-state index contributed by atoms with van der Waals surface area (Å²) in [6, 6.07) is 0. The summed E-state index contributed by atoms with van der Waals surface area (Å²) in [5, 5.41) is 0. The molecule has 0 amide bonds. The number of hydrogen-bond acceptors (Lipinski definition) is 2. The molecule has 0 aromatic carbocycles. The molecule has 0 N–H and O–H groups in total. The first-order chi connectivity index (χ1) is 10.4. The van der Waals surface area contributed by atoms with Gasteiger partial charge in [0, 0.05) is 0 Å². The molecule has 4 aliphatic carbocycles. The smallest absolute Gasteiger partial charge is 0.310 e. The summed E-state index contributed by atoms with van der Waals surface area (Å²) in [7, 11) is 0. The first-order valence-corrected chi connectivity index (χ1v) is 9.62. The number of rotatable bonds is 3. The molecule has 4 rings (SSSR count). The van der Waals surface area contributed by atoms with Gasteiger partial charge in [-0.3, -0.25) is 4.79 Å². The fourth-order valence-corrected chi connectivity index (χ4v) is 6.94. The van der Waals surface area contributed by atoms with Crippen LogP contribution in [0.15, 0.2) is 0 Å². The maximum Gasteiger partial charge on any atom is 0.310 e. The maximum absolute atomic E-state index is 13.1. The predicted octanol–water partition coefficient (Wildman–Crippen LogP) is 4.82. The van der Waals surface area contributed by atoms with Gasteiger partial charge in [0.15, 0.2) is 0 Å². The van der Waals surface area contributed by atoms with Gasteiger partial charge in [0.25, 0.3) is 0 Å². The standard InChI is InChI=1S/C20H32O2/c1-5-20(10-14-6-7-16(20)8-14)22-18(21)17-9-15-11-19(17,4)13(3)12(15)2/h12-17H,5-11H2,1-4H3. The highest BCUT2D eigenvalue weighted by molar-refractivity contribution is 5.75. The number of fused-ring (bicyclic) bond motifs is 4. The Hall–Kier alpha value is -0.530. The Morgan fingerprint density at radius 1 is 1.18 bits per heavy atom. The molecular weight excluding hydrogens is 272 g/mol. The molecule has 0 spiro atoms. The quantitative estimate of drug-likeness (QED) is 0.699. The lowest BCUT2D eigenvalue weighted by molar-refractivity contribution is -0.177. The van der Waals surface area contributed by atoms with Crippen LogP contribution in [0.5, 0.6) is 0 Å². The van der Waals surface area contributed by atoms with Crippen LogP contribution in [0.1, 0.15) is 72.6 Å². The Morgan fingerprint density at radius 2 is 1.95 bits per heavy atom. The van der Waals surface area contributed by atoms with Crippen molar-refractivity contribution in [2.45, 2.75) is 78.2 Å². The van der Waals surface area contributed by atoms with E-state index in [1.54, 1.807) is 0 Å². The second-order valence-electron chi connectivity index (χ2n) is 9.33. The van der Waals surface area contributed by atoms with Crippen molar-refractivity contribution < 1.29 is 9.53 Å². The van der Waals surface area contributed by atoms with E-state index in [9.17, 15) is 4.79 Å². The summed E-state index contributed by atoms with van der Waals surface area (Å²) in [5.74, 6) is 3.96. The van der Waals surface area contributed by atoms with Crippen LogP contribution in [0.25, 0.3) is 0 Å². The van der Waals surface area contributed by atoms with Gasteiger partial charge in [-0.05, 0) is 80.0 Å². The van der Waals surface area contributed by atoms with Crippen molar-refractivity contribution in [1.82, 2.24) is 0 Å². The van der Waals surface area contributed by atoms with Gasteiger partial charge in [0.05, 0.1) is 5.92 Å². The van der Waals surface area contributed by atoms with Crippen LogP contribution in [0.2, 0.25) is 0 Å². The van der Waals surface area contributed by atoms with Gasteiger partial charge < -0.3 is 4.74 Å². The van der Waals surface area contributed by atoms with Gasteiger partial charge in [0.1, 0.15) is 5.60 Å². The average molecular weight is 304 g/mol. The van der Waals surface area contributed by atoms with E-state index in [4.69, 9.17) is 4.74 Å². The van der Waals surface area contributed by atoms with Gasteiger partial charge in [0.2, 0.25) is 0 Å². The summed E-state index contributed by atoms with van der Waals surface area (Å²) < 4.78 is 6.33. The molecule has 0 aromatic rings. The molecular formula is C20H32O2. The highest BCUT2D eigenvalue weighted by Crippen LogP contribution is 2.64. The number of hydrogen-bond donors (Lipinski definition) is 0. The van der Waals surface area contributed by atoms with Gasteiger partial charge in [-0.25, -0.2) is 0 Å². The Balaban J connectivity index is 1.52. The first kappa shape index (κ1) is 15.0. The van der Waals surface area contributed by atoms with Crippen molar-refractivity contribution in [2.24, 2.45) is 40.9 Å². The lowest BCUT2D eigenvalue weighted by atomic mass is 9.66. The molecule has 124 valence electrons. The van der Waals surface area contributed by atoms with Gasteiger partial charge in [-0.2, -0.15) is 0 Å². The summed E-state index contributed by atoms with van der Waals surface area (Å²) in [6.45, 7) is 9.32. The molecule has 8 atom stereocenters. The van der Waals surface area contributed by atoms with E-state index < -0.39 is 0 Å². The molecule has 0 saturated heterocycles. The Labute approximate surface area is 135 Å². The zero-order valence-corrected chi connectivity index (χ0v) is 14.7. The zero-order chi connectivity index (χ0) is 15.7. The molecule has 4 bridgehead atoms. The predicted molar refractivity (Wildman–Crippen MR) is 87.2 cm³/mol. The number of esters is 1. The molecule has 4 aliphatic rings. The van der Waals surface area contributed by atoms with Crippen LogP contribution < -0.4 is 0 Å². The summed E-state index contributed by atoms with van der Waals surface area (Å²) >= 11 is 0. The number of carbonyl (C=O) groups excluding carboxylic acids is 1. The third-order valence-electron chi connectivity index (χ3n) is 8.72. The third kappa shape index (κ3) is 1.82. The van der Waals surface area contributed by atoms with Crippen molar-refractivity contribution in [1.29, 1.82) is 0 Å². The molecule has 0 aromatic heterocycles. The van der Waals surface area contributed by atoms with Gasteiger partial charge >= 0.3 is 5.97 Å². The molecule has 0 heterocycles. The summed E-state index contributed by atoms with van der Waals surface area (Å²) in [5.41, 5.74) is 0.0841. The molecule has 22 heavy (non-hydrogen) atoms. The second-order valence-corrected chi connectivity index (χ2v) is 9.33. The highest BCUT2D eigenvalue weighted by Gasteiger charge is 2.61. The molecule has 2 heteroatoms. The highest BCUT2D eigenvalue weighted by atomic mass is 16.6. The largest absolute Gasteiger partial charge is 0.459 e. The summed E-state index contributed by atoms with van der Waals surface area (Å²) in [6.07, 6.45) is 8.41. The van der Waals surface area contributed by atoms with E-state index in [0.717, 1.165) is 37.0 Å². The van der Waals surface area contributed by atoms with Crippen molar-refractivity contribution in [2.75, 3.05) is 0 Å². The fraction of sp³-hybridized carbons (Fsp3) is 0.950. The molecule has 0 aliphatic heterocycles. The van der Waals surface area contributed by atoms with E-state index in [0.29, 0.717) is 11.8 Å². The van der Waals surface area contributed by atoms with Crippen LogP contribution in [-0.2, 0) is 9.53 Å². The van der Waals surface area contributed by atoms with Crippen molar-refractivity contribution in [3.8, 4) is 0 Å². The normalized spacial score (nSPS) is 55.8. The Bertz CT molecular complexity index is 486. The molecule has 2 nitrogen and oxygen atoms in total. The van der Waals surface area contributed by atoms with Crippen LogP contribution in [0, 0.1) is 40.9 Å². The zero-order valence-electron chi connectivity index (χ0n) is 14.7. The molecule has 4 saturated carbocycles. The van der Waals surface area contributed by atoms with Crippen LogP contribution in [0.3, 0.4) is 0 Å². The minimum atomic E-state index is -0.104. The second kappa shape index (κ2) is 4.74. The monoisotopic (exact) mass is 304 g/mol. The van der Waals surface area contributed by atoms with E-state index in [2.05, 4.69) is 27.7 Å². The first-order valence-electron chi connectivity index (χ1n) is 9.62. The topological polar surface area (TPSA) is 26.3 Å². The van der Waals surface area contributed by atoms with Crippen LogP contribution in [-0.4, -0.2) is 11.6 Å². The van der Waals surface area contributed by atoms with E-state index in [1.165, 1.54) is 25.7 Å². The third-order valence-corrected chi connectivity index (χ3v) is 8.72. The summed E-state index contributed by atoms with van der Waals surface area (Å²) in [4.78, 5) is 13.1.